The third-order valence-electron chi connectivity index (χ3n) is 2.97. The van der Waals surface area contributed by atoms with E-state index in [4.69, 9.17) is 4.74 Å². The van der Waals surface area contributed by atoms with Crippen molar-refractivity contribution >= 4 is 5.97 Å². The summed E-state index contributed by atoms with van der Waals surface area (Å²) in [5.74, 6) is -0.518. The fourth-order valence-corrected chi connectivity index (χ4v) is 1.91. The minimum absolute atomic E-state index is 0.118. The Kier molecular flexibility index (Phi) is 4.35. The van der Waals surface area contributed by atoms with Crippen molar-refractivity contribution in [1.82, 2.24) is 4.98 Å². The van der Waals surface area contributed by atoms with Gasteiger partial charge in [0.15, 0.2) is 0 Å². The Balaban J connectivity index is 2.57. The highest BCUT2D eigenvalue weighted by atomic mass is 19.4. The van der Waals surface area contributed by atoms with Crippen molar-refractivity contribution in [2.24, 2.45) is 0 Å². The Morgan fingerprint density at radius 1 is 1.18 bits per heavy atom. The number of pyridine rings is 1. The number of hydrogen-bond acceptors (Lipinski definition) is 4. The van der Waals surface area contributed by atoms with Crippen LogP contribution in [-0.2, 0) is 10.9 Å². The molecule has 0 atom stereocenters. The Morgan fingerprint density at radius 3 is 2.50 bits per heavy atom. The Hall–Kier alpha value is -2.57. The standard InChI is InChI=1S/C15H12F3NO3/c1-21-13-12(7-10(8-19-13)14(20)22-2)9-4-3-5-11(6-9)15(16,17)18/h3-8H,1-2H3. The highest BCUT2D eigenvalue weighted by Crippen LogP contribution is 2.34. The molecule has 0 fully saturated rings. The van der Waals surface area contributed by atoms with Crippen LogP contribution in [0.3, 0.4) is 0 Å². The monoisotopic (exact) mass is 311 g/mol. The first-order chi connectivity index (χ1) is 10.4. The van der Waals surface area contributed by atoms with E-state index in [0.29, 0.717) is 0 Å². The average molecular weight is 311 g/mol. The van der Waals surface area contributed by atoms with E-state index in [0.717, 1.165) is 12.1 Å². The van der Waals surface area contributed by atoms with E-state index in [2.05, 4.69) is 9.72 Å². The summed E-state index contributed by atoms with van der Waals surface area (Å²) in [4.78, 5) is 15.5. The number of nitrogens with zero attached hydrogens (tertiary/aromatic N) is 1. The van der Waals surface area contributed by atoms with Gasteiger partial charge in [0.1, 0.15) is 0 Å². The second-order valence-electron chi connectivity index (χ2n) is 4.35. The van der Waals surface area contributed by atoms with Crippen molar-refractivity contribution < 1.29 is 27.4 Å². The van der Waals surface area contributed by atoms with Crippen LogP contribution in [-0.4, -0.2) is 25.2 Å². The van der Waals surface area contributed by atoms with Crippen LogP contribution in [0.4, 0.5) is 13.2 Å². The van der Waals surface area contributed by atoms with Crippen LogP contribution in [0.2, 0.25) is 0 Å². The van der Waals surface area contributed by atoms with Crippen molar-refractivity contribution in [3.63, 3.8) is 0 Å². The van der Waals surface area contributed by atoms with Crippen LogP contribution in [0.5, 0.6) is 5.88 Å². The van der Waals surface area contributed by atoms with Crippen LogP contribution in [0, 0.1) is 0 Å². The highest BCUT2D eigenvalue weighted by Gasteiger charge is 2.30. The van der Waals surface area contributed by atoms with Crippen molar-refractivity contribution in [1.29, 1.82) is 0 Å². The third kappa shape index (κ3) is 3.19. The molecule has 4 nitrogen and oxygen atoms in total. The first kappa shape index (κ1) is 15.8. The number of carbonyl (C=O) groups excluding carboxylic acids is 1. The zero-order chi connectivity index (χ0) is 16.3. The molecule has 2 rings (SSSR count). The average Bonchev–Trinajstić information content (AvgIpc) is 2.52. The number of esters is 1. The van der Waals surface area contributed by atoms with Gasteiger partial charge in [-0.3, -0.25) is 0 Å². The van der Waals surface area contributed by atoms with Gasteiger partial charge >= 0.3 is 12.1 Å². The minimum Gasteiger partial charge on any atom is -0.481 e. The molecular formula is C15H12F3NO3. The molecule has 0 saturated heterocycles. The second kappa shape index (κ2) is 6.05. The van der Waals surface area contributed by atoms with Crippen LogP contribution < -0.4 is 4.74 Å². The van der Waals surface area contributed by atoms with Gasteiger partial charge in [-0.15, -0.1) is 0 Å². The van der Waals surface area contributed by atoms with Crippen LogP contribution in [0.1, 0.15) is 15.9 Å². The molecule has 1 aromatic carbocycles. The summed E-state index contributed by atoms with van der Waals surface area (Å²) in [5, 5.41) is 0. The predicted octanol–water partition coefficient (Wildman–Crippen LogP) is 3.56. The first-order valence-corrected chi connectivity index (χ1v) is 6.17. The molecule has 0 aliphatic heterocycles. The maximum absolute atomic E-state index is 12.8. The van der Waals surface area contributed by atoms with E-state index in [1.165, 1.54) is 38.6 Å². The molecule has 0 N–H and O–H groups in total. The van der Waals surface area contributed by atoms with E-state index in [1.54, 1.807) is 0 Å². The van der Waals surface area contributed by atoms with Gasteiger partial charge in [0.05, 0.1) is 25.3 Å². The lowest BCUT2D eigenvalue weighted by Gasteiger charge is -2.12. The lowest BCUT2D eigenvalue weighted by Crippen LogP contribution is -2.06. The SMILES string of the molecule is COC(=O)c1cnc(OC)c(-c2cccc(C(F)(F)F)c2)c1. The van der Waals surface area contributed by atoms with Gasteiger partial charge in [-0.25, -0.2) is 9.78 Å². The molecule has 1 heterocycles. The van der Waals surface area contributed by atoms with Crippen LogP contribution >= 0.6 is 0 Å². The number of ether oxygens (including phenoxy) is 2. The number of carbonyl (C=O) groups is 1. The minimum atomic E-state index is -4.46. The van der Waals surface area contributed by atoms with Crippen molar-refractivity contribution in [2.45, 2.75) is 6.18 Å². The molecule has 22 heavy (non-hydrogen) atoms. The number of benzene rings is 1. The molecule has 2 aromatic rings. The lowest BCUT2D eigenvalue weighted by molar-refractivity contribution is -0.137. The summed E-state index contributed by atoms with van der Waals surface area (Å²) in [7, 11) is 2.55. The van der Waals surface area contributed by atoms with Gasteiger partial charge in [-0.1, -0.05) is 12.1 Å². The summed E-state index contributed by atoms with van der Waals surface area (Å²) in [6.45, 7) is 0. The molecular weight excluding hydrogens is 299 g/mol. The molecule has 0 amide bonds. The molecule has 0 aliphatic carbocycles. The third-order valence-corrected chi connectivity index (χ3v) is 2.97. The quantitative estimate of drug-likeness (QED) is 0.813. The smallest absolute Gasteiger partial charge is 0.416 e. The number of halogens is 3. The van der Waals surface area contributed by atoms with Gasteiger partial charge in [-0.2, -0.15) is 13.2 Å². The Bertz CT molecular complexity index is 699. The van der Waals surface area contributed by atoms with Gasteiger partial charge in [0, 0.05) is 11.8 Å². The molecule has 0 radical (unpaired) electrons. The van der Waals surface area contributed by atoms with Gasteiger partial charge in [0.25, 0.3) is 0 Å². The second-order valence-corrected chi connectivity index (χ2v) is 4.35. The zero-order valence-electron chi connectivity index (χ0n) is 11.8. The van der Waals surface area contributed by atoms with Crippen molar-refractivity contribution in [3.05, 3.63) is 47.7 Å². The summed E-state index contributed by atoms with van der Waals surface area (Å²) in [6.07, 6.45) is -3.22. The van der Waals surface area contributed by atoms with E-state index in [9.17, 15) is 18.0 Å². The largest absolute Gasteiger partial charge is 0.481 e. The molecule has 0 unspecified atom stereocenters. The summed E-state index contributed by atoms with van der Waals surface area (Å²) >= 11 is 0. The number of aromatic nitrogens is 1. The highest BCUT2D eigenvalue weighted by molar-refractivity contribution is 5.91. The normalized spacial score (nSPS) is 11.1. The molecule has 1 aromatic heterocycles. The summed E-state index contributed by atoms with van der Waals surface area (Å²) in [6, 6.07) is 6.08. The van der Waals surface area contributed by atoms with E-state index in [-0.39, 0.29) is 22.6 Å². The summed E-state index contributed by atoms with van der Waals surface area (Å²) < 4.78 is 48.0. The fraction of sp³-hybridized carbons (Fsp3) is 0.200. The van der Waals surface area contributed by atoms with Crippen molar-refractivity contribution in [3.8, 4) is 17.0 Å². The number of alkyl halides is 3. The zero-order valence-corrected chi connectivity index (χ0v) is 11.8. The van der Waals surface area contributed by atoms with E-state index in [1.807, 2.05) is 0 Å². The Labute approximate surface area is 124 Å². The number of hydrogen-bond donors (Lipinski definition) is 0. The fourth-order valence-electron chi connectivity index (χ4n) is 1.91. The maximum atomic E-state index is 12.8. The van der Waals surface area contributed by atoms with Gasteiger partial charge in [0.2, 0.25) is 5.88 Å². The van der Waals surface area contributed by atoms with Crippen LogP contribution in [0.25, 0.3) is 11.1 Å². The summed E-state index contributed by atoms with van der Waals surface area (Å²) in [5.41, 5.74) is -0.160. The van der Waals surface area contributed by atoms with E-state index >= 15 is 0 Å². The van der Waals surface area contributed by atoms with Crippen LogP contribution in [0.15, 0.2) is 36.5 Å². The Morgan fingerprint density at radius 2 is 1.91 bits per heavy atom. The lowest BCUT2D eigenvalue weighted by atomic mass is 10.0. The van der Waals surface area contributed by atoms with Crippen molar-refractivity contribution in [2.75, 3.05) is 14.2 Å². The first-order valence-electron chi connectivity index (χ1n) is 6.17. The van der Waals surface area contributed by atoms with Gasteiger partial charge in [-0.05, 0) is 23.8 Å². The number of rotatable bonds is 3. The maximum Gasteiger partial charge on any atom is 0.416 e. The molecule has 7 heteroatoms. The number of methoxy groups -OCH3 is 2. The topological polar surface area (TPSA) is 48.4 Å². The van der Waals surface area contributed by atoms with E-state index < -0.39 is 17.7 Å². The molecule has 0 saturated carbocycles. The molecule has 0 spiro atoms. The molecule has 0 aliphatic rings. The predicted molar refractivity (Wildman–Crippen MR) is 72.6 cm³/mol. The molecule has 116 valence electrons. The van der Waals surface area contributed by atoms with Gasteiger partial charge < -0.3 is 9.47 Å². The molecule has 0 bridgehead atoms.